The molecule has 3 aromatic rings. The topological polar surface area (TPSA) is 71.1 Å². The molecule has 0 saturated heterocycles. The minimum atomic E-state index is -0.838. The van der Waals surface area contributed by atoms with Gasteiger partial charge in [0.05, 0.1) is 12.5 Å². The van der Waals surface area contributed by atoms with Crippen molar-refractivity contribution >= 4 is 33.9 Å². The van der Waals surface area contributed by atoms with Gasteiger partial charge < -0.3 is 18.9 Å². The van der Waals surface area contributed by atoms with Crippen molar-refractivity contribution in [1.29, 1.82) is 0 Å². The van der Waals surface area contributed by atoms with E-state index in [4.69, 9.17) is 18.9 Å². The average molecular weight is 477 g/mol. The minimum Gasteiger partial charge on any atom is -0.403 e. The summed E-state index contributed by atoms with van der Waals surface area (Å²) >= 11 is 0. The second-order valence-corrected chi connectivity index (χ2v) is 8.22. The average Bonchev–Trinajstić information content (AvgIpc) is 2.85. The fourth-order valence-corrected chi connectivity index (χ4v) is 3.64. The Morgan fingerprint density at radius 3 is 1.71 bits per heavy atom. The van der Waals surface area contributed by atoms with Crippen LogP contribution in [0.25, 0.3) is 21.5 Å². The predicted molar refractivity (Wildman–Crippen MR) is 138 cm³/mol. The highest BCUT2D eigenvalue weighted by atomic mass is 16.7. The first kappa shape index (κ1) is 25.8. The van der Waals surface area contributed by atoms with E-state index in [1.165, 1.54) is 12.5 Å². The molecule has 0 fully saturated rings. The second kappa shape index (κ2) is 13.2. The van der Waals surface area contributed by atoms with Crippen LogP contribution in [0.4, 0.5) is 9.59 Å². The SMILES string of the molecule is CCCC/C=C/OC(=O)Oc1c2ccccc2c(OC(=O)O/C=C/CCCC)c2cc(C)ccc12. The highest BCUT2D eigenvalue weighted by Gasteiger charge is 2.21. The summed E-state index contributed by atoms with van der Waals surface area (Å²) < 4.78 is 21.6. The van der Waals surface area contributed by atoms with Crippen LogP contribution < -0.4 is 9.47 Å². The van der Waals surface area contributed by atoms with Crippen LogP contribution in [0, 0.1) is 6.92 Å². The third kappa shape index (κ3) is 7.09. The molecule has 0 heterocycles. The van der Waals surface area contributed by atoms with Crippen LogP contribution in [0.2, 0.25) is 0 Å². The van der Waals surface area contributed by atoms with Crippen LogP contribution in [-0.2, 0) is 9.47 Å². The molecule has 0 aliphatic carbocycles. The van der Waals surface area contributed by atoms with Gasteiger partial charge in [-0.2, -0.15) is 0 Å². The van der Waals surface area contributed by atoms with Crippen molar-refractivity contribution in [3.63, 3.8) is 0 Å². The van der Waals surface area contributed by atoms with Gasteiger partial charge in [0.2, 0.25) is 0 Å². The molecule has 0 aliphatic rings. The molecule has 0 aliphatic heterocycles. The molecule has 3 rings (SSSR count). The number of aryl methyl sites for hydroxylation is 1. The molecular weight excluding hydrogens is 444 g/mol. The third-order valence-electron chi connectivity index (χ3n) is 5.42. The fraction of sp³-hybridized carbons (Fsp3) is 0.310. The van der Waals surface area contributed by atoms with E-state index in [0.717, 1.165) is 44.1 Å². The number of carbonyl (C=O) groups excluding carboxylic acids is 2. The molecule has 0 spiro atoms. The fourth-order valence-electron chi connectivity index (χ4n) is 3.64. The van der Waals surface area contributed by atoms with Crippen molar-refractivity contribution < 1.29 is 28.5 Å². The maximum Gasteiger partial charge on any atom is 0.518 e. The Kier molecular flexibility index (Phi) is 9.72. The van der Waals surface area contributed by atoms with E-state index in [0.29, 0.717) is 33.0 Å². The maximum absolute atomic E-state index is 12.5. The highest BCUT2D eigenvalue weighted by Crippen LogP contribution is 2.43. The van der Waals surface area contributed by atoms with E-state index < -0.39 is 12.3 Å². The van der Waals surface area contributed by atoms with E-state index in [-0.39, 0.29) is 0 Å². The Bertz CT molecular complexity index is 1220. The summed E-state index contributed by atoms with van der Waals surface area (Å²) in [6.07, 6.45) is 10.4. The largest absolute Gasteiger partial charge is 0.518 e. The van der Waals surface area contributed by atoms with Gasteiger partial charge in [-0.3, -0.25) is 0 Å². The van der Waals surface area contributed by atoms with Crippen LogP contribution in [0.15, 0.2) is 67.1 Å². The number of rotatable bonds is 10. The van der Waals surface area contributed by atoms with Crippen molar-refractivity contribution in [3.8, 4) is 11.5 Å². The molecular formula is C29H32O6. The third-order valence-corrected chi connectivity index (χ3v) is 5.42. The minimum absolute atomic E-state index is 0.336. The number of unbranched alkanes of at least 4 members (excludes halogenated alkanes) is 4. The summed E-state index contributed by atoms with van der Waals surface area (Å²) in [7, 11) is 0. The molecule has 6 nitrogen and oxygen atoms in total. The standard InChI is InChI=1S/C29H32O6/c1-4-6-8-12-18-32-28(30)34-26-22-14-10-11-15-23(22)27(25-20-21(3)16-17-24(25)26)35-29(31)33-19-13-9-7-5-2/h10-20H,4-9H2,1-3H3/b18-12+,19-13+. The molecule has 0 saturated carbocycles. The Hall–Kier alpha value is -3.80. The molecule has 3 aromatic carbocycles. The number of benzene rings is 3. The van der Waals surface area contributed by atoms with Crippen LogP contribution >= 0.6 is 0 Å². The number of allylic oxidation sites excluding steroid dienone is 2. The van der Waals surface area contributed by atoms with Crippen molar-refractivity contribution in [2.45, 2.75) is 59.3 Å². The Balaban J connectivity index is 1.95. The van der Waals surface area contributed by atoms with Gasteiger partial charge in [0.25, 0.3) is 0 Å². The van der Waals surface area contributed by atoms with E-state index in [1.807, 2.05) is 37.3 Å². The summed E-state index contributed by atoms with van der Waals surface area (Å²) in [5.41, 5.74) is 0.956. The van der Waals surface area contributed by atoms with E-state index in [1.54, 1.807) is 24.3 Å². The van der Waals surface area contributed by atoms with E-state index >= 15 is 0 Å². The molecule has 35 heavy (non-hydrogen) atoms. The van der Waals surface area contributed by atoms with E-state index in [2.05, 4.69) is 13.8 Å². The van der Waals surface area contributed by atoms with Gasteiger partial charge >= 0.3 is 12.3 Å². The zero-order valence-electron chi connectivity index (χ0n) is 20.5. The van der Waals surface area contributed by atoms with Gasteiger partial charge in [-0.15, -0.1) is 0 Å². The van der Waals surface area contributed by atoms with Crippen LogP contribution in [0.3, 0.4) is 0 Å². The van der Waals surface area contributed by atoms with Crippen molar-refractivity contribution in [3.05, 3.63) is 72.7 Å². The van der Waals surface area contributed by atoms with Gasteiger partial charge in [-0.25, -0.2) is 9.59 Å². The zero-order chi connectivity index (χ0) is 25.0. The number of carbonyl (C=O) groups is 2. The first-order chi connectivity index (χ1) is 17.0. The summed E-state index contributed by atoms with van der Waals surface area (Å²) in [4.78, 5) is 24.9. The van der Waals surface area contributed by atoms with Crippen molar-refractivity contribution in [2.75, 3.05) is 0 Å². The Morgan fingerprint density at radius 1 is 0.714 bits per heavy atom. The molecule has 0 unspecified atom stereocenters. The first-order valence-electron chi connectivity index (χ1n) is 12.1. The summed E-state index contributed by atoms with van der Waals surface area (Å²) in [5.74, 6) is 0.675. The van der Waals surface area contributed by atoms with Gasteiger partial charge in [0.1, 0.15) is 11.5 Å². The highest BCUT2D eigenvalue weighted by molar-refractivity contribution is 6.12. The molecule has 0 N–H and O–H groups in total. The van der Waals surface area contributed by atoms with Crippen LogP contribution in [-0.4, -0.2) is 12.3 Å². The number of hydrogen-bond donors (Lipinski definition) is 0. The lowest BCUT2D eigenvalue weighted by Gasteiger charge is -2.16. The number of ether oxygens (including phenoxy) is 4. The van der Waals surface area contributed by atoms with Crippen LogP contribution in [0.1, 0.15) is 57.9 Å². The molecule has 0 aromatic heterocycles. The predicted octanol–water partition coefficient (Wildman–Crippen LogP) is 8.74. The summed E-state index contributed by atoms with van der Waals surface area (Å²) in [6.45, 7) is 6.12. The Morgan fingerprint density at radius 2 is 1.20 bits per heavy atom. The smallest absolute Gasteiger partial charge is 0.403 e. The maximum atomic E-state index is 12.5. The molecule has 184 valence electrons. The van der Waals surface area contributed by atoms with Gasteiger partial charge in [-0.05, 0) is 50.8 Å². The molecule has 0 radical (unpaired) electrons. The van der Waals surface area contributed by atoms with Crippen molar-refractivity contribution in [1.82, 2.24) is 0 Å². The second-order valence-electron chi connectivity index (χ2n) is 8.22. The molecule has 0 bridgehead atoms. The summed E-state index contributed by atoms with van der Waals surface area (Å²) in [5, 5.41) is 2.45. The molecule has 6 heteroatoms. The quantitative estimate of drug-likeness (QED) is 0.0957. The monoisotopic (exact) mass is 476 g/mol. The van der Waals surface area contributed by atoms with Gasteiger partial charge in [0.15, 0.2) is 0 Å². The normalized spacial score (nSPS) is 11.4. The van der Waals surface area contributed by atoms with Crippen molar-refractivity contribution in [2.24, 2.45) is 0 Å². The lowest BCUT2D eigenvalue weighted by molar-refractivity contribution is 0.134. The molecule has 0 amide bonds. The van der Waals surface area contributed by atoms with Gasteiger partial charge in [-0.1, -0.05) is 68.7 Å². The first-order valence-corrected chi connectivity index (χ1v) is 12.1. The lowest BCUT2D eigenvalue weighted by Crippen LogP contribution is -2.10. The number of hydrogen-bond acceptors (Lipinski definition) is 6. The number of fused-ring (bicyclic) bond motifs is 2. The van der Waals surface area contributed by atoms with E-state index in [9.17, 15) is 9.59 Å². The van der Waals surface area contributed by atoms with Crippen LogP contribution in [0.5, 0.6) is 11.5 Å². The lowest BCUT2D eigenvalue weighted by atomic mass is 9.99. The van der Waals surface area contributed by atoms with Gasteiger partial charge in [0, 0.05) is 21.5 Å². The molecule has 0 atom stereocenters. The summed E-state index contributed by atoms with van der Waals surface area (Å²) in [6, 6.07) is 12.9. The zero-order valence-corrected chi connectivity index (χ0v) is 20.5. The Labute approximate surface area is 206 Å².